The maximum Gasteiger partial charge on any atom is 0.0225 e. The Bertz CT molecular complexity index is 486. The number of benzene rings is 2. The lowest BCUT2D eigenvalue weighted by molar-refractivity contribution is 1.14. The molecule has 0 fully saturated rings. The third-order valence-electron chi connectivity index (χ3n) is 2.58. The zero-order chi connectivity index (χ0) is 10.7. The van der Waals surface area contributed by atoms with Gasteiger partial charge in [0.15, 0.2) is 0 Å². The molecule has 3 radical (unpaired) electrons. The second-order valence-corrected chi connectivity index (χ2v) is 4.15. The molecule has 0 aliphatic rings. The molecule has 0 aromatic heterocycles. The van der Waals surface area contributed by atoms with E-state index >= 15 is 0 Å². The van der Waals surface area contributed by atoms with Crippen molar-refractivity contribution in [3.05, 3.63) is 54.1 Å². The predicted octanol–water partition coefficient (Wildman–Crippen LogP) is 3.61. The average Bonchev–Trinajstić information content (AvgIpc) is 2.29. The molecule has 1 heteroatoms. The average molecular weight is 209 g/mol. The molecule has 0 atom stereocenters. The van der Waals surface area contributed by atoms with Gasteiger partial charge in [0.25, 0.3) is 0 Å². The van der Waals surface area contributed by atoms with Gasteiger partial charge >= 0.3 is 0 Å². The van der Waals surface area contributed by atoms with E-state index in [0.29, 0.717) is 0 Å². The summed E-state index contributed by atoms with van der Waals surface area (Å²) in [4.78, 5) is 0. The van der Waals surface area contributed by atoms with Crippen LogP contribution in [0.25, 0.3) is 16.8 Å². The van der Waals surface area contributed by atoms with Crippen molar-refractivity contribution < 1.29 is 0 Å². The van der Waals surface area contributed by atoms with E-state index in [1.807, 2.05) is 6.08 Å². The first-order valence-corrected chi connectivity index (χ1v) is 5.84. The van der Waals surface area contributed by atoms with Crippen molar-refractivity contribution in [2.45, 2.75) is 12.5 Å². The van der Waals surface area contributed by atoms with Crippen LogP contribution in [0.1, 0.15) is 11.1 Å². The molecule has 0 spiro atoms. The molecule has 0 nitrogen and oxygen atoms in total. The second kappa shape index (κ2) is 4.45. The number of aryl methyl sites for hydroxylation is 1. The summed E-state index contributed by atoms with van der Waals surface area (Å²) < 4.78 is 0. The normalized spacial score (nSPS) is 10.5. The van der Waals surface area contributed by atoms with Gasteiger partial charge in [0.1, 0.15) is 0 Å². The topological polar surface area (TPSA) is 0 Å². The highest BCUT2D eigenvalue weighted by Gasteiger charge is 1.96. The van der Waals surface area contributed by atoms with Gasteiger partial charge in [0.05, 0.1) is 0 Å². The molecular formula is C14H13Si. The Labute approximate surface area is 94.1 Å². The largest absolute Gasteiger partial charge is 0.0985 e. The van der Waals surface area contributed by atoms with Gasteiger partial charge < -0.3 is 0 Å². The maximum absolute atomic E-state index is 3.78. The van der Waals surface area contributed by atoms with Gasteiger partial charge in [0, 0.05) is 10.2 Å². The first-order chi connectivity index (χ1) is 7.33. The molecule has 0 unspecified atom stereocenters. The van der Waals surface area contributed by atoms with Gasteiger partial charge in [-0.25, -0.2) is 0 Å². The van der Waals surface area contributed by atoms with Crippen molar-refractivity contribution in [2.24, 2.45) is 0 Å². The number of rotatable bonds is 3. The SMILES string of the molecule is C=Cc1ccc2cc(CC[Si])ccc2c1. The minimum atomic E-state index is 1.01. The Morgan fingerprint density at radius 1 is 1.07 bits per heavy atom. The Kier molecular flexibility index (Phi) is 3.02. The van der Waals surface area contributed by atoms with E-state index < -0.39 is 0 Å². The molecule has 0 heterocycles. The molecule has 0 amide bonds. The molecule has 2 aromatic carbocycles. The Morgan fingerprint density at radius 3 is 2.53 bits per heavy atom. The standard InChI is InChI=1S/C14H13Si/c1-2-11-3-5-14-10-12(7-8-15)4-6-13(14)9-11/h2-6,9-10H,1,7-8H2. The Balaban J connectivity index is 2.49. The van der Waals surface area contributed by atoms with Gasteiger partial charge in [0.2, 0.25) is 0 Å². The first kappa shape index (κ1) is 10.2. The molecule has 0 saturated heterocycles. The van der Waals surface area contributed by atoms with Gasteiger partial charge in [-0.3, -0.25) is 0 Å². The highest BCUT2D eigenvalue weighted by Crippen LogP contribution is 2.19. The van der Waals surface area contributed by atoms with E-state index in [-0.39, 0.29) is 0 Å². The van der Waals surface area contributed by atoms with E-state index in [1.165, 1.54) is 21.9 Å². The predicted molar refractivity (Wildman–Crippen MR) is 68.3 cm³/mol. The quantitative estimate of drug-likeness (QED) is 0.677. The Morgan fingerprint density at radius 2 is 1.80 bits per heavy atom. The van der Waals surface area contributed by atoms with Gasteiger partial charge in [-0.15, -0.1) is 0 Å². The van der Waals surface area contributed by atoms with Gasteiger partial charge in [-0.2, -0.15) is 0 Å². The lowest BCUT2D eigenvalue weighted by Gasteiger charge is -2.03. The first-order valence-electron chi connectivity index (χ1n) is 5.13. The molecule has 0 N–H and O–H groups in total. The monoisotopic (exact) mass is 209 g/mol. The second-order valence-electron chi connectivity index (χ2n) is 3.65. The van der Waals surface area contributed by atoms with Crippen LogP contribution in [0.15, 0.2) is 43.0 Å². The zero-order valence-electron chi connectivity index (χ0n) is 8.66. The van der Waals surface area contributed by atoms with Crippen molar-refractivity contribution >= 4 is 27.1 Å². The molecular weight excluding hydrogens is 196 g/mol. The molecule has 0 saturated carbocycles. The van der Waals surface area contributed by atoms with E-state index in [0.717, 1.165) is 12.5 Å². The molecule has 0 aliphatic carbocycles. The van der Waals surface area contributed by atoms with Crippen molar-refractivity contribution in [2.75, 3.05) is 0 Å². The molecule has 2 aromatic rings. The summed E-state index contributed by atoms with van der Waals surface area (Å²) in [5.41, 5.74) is 2.55. The van der Waals surface area contributed by atoms with Crippen LogP contribution in [-0.2, 0) is 6.42 Å². The minimum absolute atomic E-state index is 1.01. The van der Waals surface area contributed by atoms with Crippen LogP contribution in [-0.4, -0.2) is 10.2 Å². The third kappa shape index (κ3) is 2.18. The smallest absolute Gasteiger partial charge is 0.0225 e. The van der Waals surface area contributed by atoms with Gasteiger partial charge in [-0.1, -0.05) is 49.0 Å². The maximum atomic E-state index is 3.78. The van der Waals surface area contributed by atoms with Crippen molar-refractivity contribution in [1.82, 2.24) is 0 Å². The minimum Gasteiger partial charge on any atom is -0.0985 e. The van der Waals surface area contributed by atoms with E-state index in [2.05, 4.69) is 53.2 Å². The van der Waals surface area contributed by atoms with Crippen LogP contribution < -0.4 is 0 Å². The summed E-state index contributed by atoms with van der Waals surface area (Å²) in [6.07, 6.45) is 2.96. The van der Waals surface area contributed by atoms with Crippen LogP contribution in [0, 0.1) is 0 Å². The summed E-state index contributed by atoms with van der Waals surface area (Å²) in [5, 5.41) is 2.59. The summed E-state index contributed by atoms with van der Waals surface area (Å²) in [5.74, 6) is 0. The number of hydrogen-bond acceptors (Lipinski definition) is 0. The zero-order valence-corrected chi connectivity index (χ0v) is 9.66. The summed E-state index contributed by atoms with van der Waals surface area (Å²) >= 11 is 0. The van der Waals surface area contributed by atoms with Crippen LogP contribution >= 0.6 is 0 Å². The fourth-order valence-electron chi connectivity index (χ4n) is 1.74. The van der Waals surface area contributed by atoms with Crippen molar-refractivity contribution in [3.8, 4) is 0 Å². The van der Waals surface area contributed by atoms with E-state index in [1.54, 1.807) is 0 Å². The van der Waals surface area contributed by atoms with Crippen molar-refractivity contribution in [3.63, 3.8) is 0 Å². The summed E-state index contributed by atoms with van der Waals surface area (Å²) in [6, 6.07) is 14.1. The third-order valence-corrected chi connectivity index (χ3v) is 2.83. The number of hydrogen-bond donors (Lipinski definition) is 0. The molecule has 15 heavy (non-hydrogen) atoms. The van der Waals surface area contributed by atoms with Crippen molar-refractivity contribution in [1.29, 1.82) is 0 Å². The van der Waals surface area contributed by atoms with E-state index in [4.69, 9.17) is 0 Å². The molecule has 0 bridgehead atoms. The fourth-order valence-corrected chi connectivity index (χ4v) is 2.03. The lowest BCUT2D eigenvalue weighted by Crippen LogP contribution is -1.84. The highest BCUT2D eigenvalue weighted by atomic mass is 28.1. The number of fused-ring (bicyclic) bond motifs is 1. The highest BCUT2D eigenvalue weighted by molar-refractivity contribution is 6.08. The van der Waals surface area contributed by atoms with Gasteiger partial charge in [-0.05, 0) is 34.4 Å². The summed E-state index contributed by atoms with van der Waals surface area (Å²) in [7, 11) is 3.51. The molecule has 0 aliphatic heterocycles. The van der Waals surface area contributed by atoms with Crippen LogP contribution in [0.3, 0.4) is 0 Å². The molecule has 2 rings (SSSR count). The van der Waals surface area contributed by atoms with Crippen LogP contribution in [0.5, 0.6) is 0 Å². The van der Waals surface area contributed by atoms with Crippen LogP contribution in [0.4, 0.5) is 0 Å². The Hall–Kier alpha value is -1.34. The summed E-state index contributed by atoms with van der Waals surface area (Å²) in [6.45, 7) is 3.78. The molecule has 73 valence electrons. The van der Waals surface area contributed by atoms with Crippen LogP contribution in [0.2, 0.25) is 6.04 Å². The lowest BCUT2D eigenvalue weighted by atomic mass is 10.0. The fraction of sp³-hybridized carbons (Fsp3) is 0.143. The van der Waals surface area contributed by atoms with E-state index in [9.17, 15) is 0 Å².